The Morgan fingerprint density at radius 1 is 1.47 bits per heavy atom. The fraction of sp³-hybridized carbons (Fsp3) is 0.500. The van der Waals surface area contributed by atoms with Crippen molar-refractivity contribution in [2.24, 2.45) is 11.7 Å². The zero-order valence-corrected chi connectivity index (χ0v) is 12.6. The molecule has 0 bridgehead atoms. The van der Waals surface area contributed by atoms with Gasteiger partial charge in [0.25, 0.3) is 0 Å². The predicted molar refractivity (Wildman–Crippen MR) is 81.3 cm³/mol. The van der Waals surface area contributed by atoms with Gasteiger partial charge in [0.2, 0.25) is 5.91 Å². The summed E-state index contributed by atoms with van der Waals surface area (Å²) in [6, 6.07) is 7.80. The molecule has 1 unspecified atom stereocenters. The van der Waals surface area contributed by atoms with Crippen LogP contribution in [0.25, 0.3) is 0 Å². The van der Waals surface area contributed by atoms with Crippen LogP contribution in [0.3, 0.4) is 0 Å². The van der Waals surface area contributed by atoms with Crippen LogP contribution < -0.4 is 11.1 Å². The highest BCUT2D eigenvalue weighted by Crippen LogP contribution is 2.41. The molecule has 3 N–H and O–H groups in total. The topological polar surface area (TPSA) is 55.1 Å². The fourth-order valence-electron chi connectivity index (χ4n) is 2.28. The van der Waals surface area contributed by atoms with E-state index in [9.17, 15) is 4.79 Å². The molecule has 1 atom stereocenters. The van der Waals surface area contributed by atoms with E-state index in [-0.39, 0.29) is 5.91 Å². The summed E-state index contributed by atoms with van der Waals surface area (Å²) in [5, 5.41) is 3.90. The Labute approximate surface area is 123 Å². The third kappa shape index (κ3) is 3.44. The smallest absolute Gasteiger partial charge is 0.238 e. The molecule has 1 saturated carbocycles. The molecule has 0 aliphatic heterocycles. The first-order valence-electron chi connectivity index (χ1n) is 6.39. The first-order valence-corrected chi connectivity index (χ1v) is 7.93. The molecular formula is C14H19ClN2OS. The van der Waals surface area contributed by atoms with E-state index >= 15 is 0 Å². The van der Waals surface area contributed by atoms with E-state index in [1.54, 1.807) is 11.8 Å². The molecule has 104 valence electrons. The number of benzene rings is 1. The van der Waals surface area contributed by atoms with Crippen LogP contribution in [0.2, 0.25) is 5.02 Å². The van der Waals surface area contributed by atoms with Crippen LogP contribution in [0.5, 0.6) is 0 Å². The molecule has 19 heavy (non-hydrogen) atoms. The van der Waals surface area contributed by atoms with Gasteiger partial charge >= 0.3 is 0 Å². The van der Waals surface area contributed by atoms with Crippen LogP contribution in [-0.2, 0) is 10.5 Å². The molecule has 0 aromatic heterocycles. The molecule has 0 saturated heterocycles. The average molecular weight is 299 g/mol. The van der Waals surface area contributed by atoms with Crippen LogP contribution in [0.1, 0.15) is 18.4 Å². The summed E-state index contributed by atoms with van der Waals surface area (Å²) < 4.78 is 0. The van der Waals surface area contributed by atoms with Crippen molar-refractivity contribution in [1.82, 2.24) is 5.32 Å². The van der Waals surface area contributed by atoms with Crippen LogP contribution in [-0.4, -0.2) is 24.2 Å². The number of hydrogen-bond donors (Lipinski definition) is 2. The maximum absolute atomic E-state index is 11.7. The summed E-state index contributed by atoms with van der Waals surface area (Å²) in [7, 11) is 1.83. The second-order valence-corrected chi connectivity index (χ2v) is 6.40. The van der Waals surface area contributed by atoms with Gasteiger partial charge in [-0.2, -0.15) is 11.8 Å². The number of halogens is 1. The van der Waals surface area contributed by atoms with Gasteiger partial charge in [-0.05, 0) is 43.5 Å². The van der Waals surface area contributed by atoms with Gasteiger partial charge < -0.3 is 11.1 Å². The van der Waals surface area contributed by atoms with E-state index in [1.807, 2.05) is 31.3 Å². The van der Waals surface area contributed by atoms with Crippen molar-refractivity contribution in [2.75, 3.05) is 12.8 Å². The Bertz CT molecular complexity index is 447. The lowest BCUT2D eigenvalue weighted by molar-refractivity contribution is -0.124. The van der Waals surface area contributed by atoms with Crippen LogP contribution in [0.4, 0.5) is 0 Å². The molecule has 1 aromatic carbocycles. The minimum atomic E-state index is -0.545. The summed E-state index contributed by atoms with van der Waals surface area (Å²) in [6.45, 7) is 0. The molecule has 3 nitrogen and oxygen atoms in total. The number of thioether (sulfide) groups is 1. The van der Waals surface area contributed by atoms with Gasteiger partial charge in [0, 0.05) is 16.5 Å². The first-order chi connectivity index (χ1) is 9.08. The Kier molecular flexibility index (Phi) is 4.76. The lowest BCUT2D eigenvalue weighted by Crippen LogP contribution is -2.57. The zero-order chi connectivity index (χ0) is 13.9. The van der Waals surface area contributed by atoms with Crippen molar-refractivity contribution in [3.05, 3.63) is 34.9 Å². The van der Waals surface area contributed by atoms with E-state index in [0.29, 0.717) is 11.7 Å². The Balaban J connectivity index is 1.92. The highest BCUT2D eigenvalue weighted by molar-refractivity contribution is 7.98. The molecule has 0 spiro atoms. The Morgan fingerprint density at radius 3 is 2.58 bits per heavy atom. The number of rotatable bonds is 7. The molecular weight excluding hydrogens is 280 g/mol. The second kappa shape index (κ2) is 6.16. The number of nitrogens with one attached hydrogen (secondary N) is 1. The number of hydrogen-bond acceptors (Lipinski definition) is 3. The van der Waals surface area contributed by atoms with E-state index in [0.717, 1.165) is 23.6 Å². The molecule has 1 aliphatic rings. The number of likely N-dealkylation sites (N-methyl/N-ethyl adjacent to an activating group) is 1. The highest BCUT2D eigenvalue weighted by Gasteiger charge is 2.48. The number of primary amides is 1. The maximum atomic E-state index is 11.7. The van der Waals surface area contributed by atoms with Gasteiger partial charge in [0.15, 0.2) is 0 Å². The summed E-state index contributed by atoms with van der Waals surface area (Å²) in [5.74, 6) is 1.74. The molecule has 5 heteroatoms. The van der Waals surface area contributed by atoms with Crippen molar-refractivity contribution < 1.29 is 4.79 Å². The summed E-state index contributed by atoms with van der Waals surface area (Å²) in [4.78, 5) is 11.7. The van der Waals surface area contributed by atoms with Crippen molar-refractivity contribution in [1.29, 1.82) is 0 Å². The molecule has 1 aliphatic carbocycles. The summed E-state index contributed by atoms with van der Waals surface area (Å²) in [6.07, 6.45) is 2.18. The van der Waals surface area contributed by atoms with E-state index in [2.05, 4.69) is 5.32 Å². The van der Waals surface area contributed by atoms with Gasteiger partial charge in [0.05, 0.1) is 0 Å². The lowest BCUT2D eigenvalue weighted by atomic mass is 9.95. The number of amides is 1. The Morgan fingerprint density at radius 2 is 2.11 bits per heavy atom. The minimum Gasteiger partial charge on any atom is -0.368 e. The van der Waals surface area contributed by atoms with Gasteiger partial charge in [-0.15, -0.1) is 0 Å². The highest BCUT2D eigenvalue weighted by atomic mass is 35.5. The molecule has 0 radical (unpaired) electrons. The zero-order valence-electron chi connectivity index (χ0n) is 11.0. The summed E-state index contributed by atoms with van der Waals surface area (Å²) in [5.41, 5.74) is 6.25. The van der Waals surface area contributed by atoms with E-state index < -0.39 is 5.54 Å². The maximum Gasteiger partial charge on any atom is 0.238 e. The van der Waals surface area contributed by atoms with Crippen molar-refractivity contribution in [3.63, 3.8) is 0 Å². The molecule has 1 aromatic rings. The van der Waals surface area contributed by atoms with Gasteiger partial charge in [-0.1, -0.05) is 23.7 Å². The molecule has 1 fully saturated rings. The first kappa shape index (κ1) is 14.7. The van der Waals surface area contributed by atoms with E-state index in [4.69, 9.17) is 17.3 Å². The third-order valence-electron chi connectivity index (χ3n) is 3.67. The minimum absolute atomic E-state index is 0.235. The van der Waals surface area contributed by atoms with Gasteiger partial charge in [0.1, 0.15) is 5.54 Å². The predicted octanol–water partition coefficient (Wildman–Crippen LogP) is 2.43. The number of carbonyl (C=O) groups excluding carboxylic acids is 1. The van der Waals surface area contributed by atoms with Crippen molar-refractivity contribution in [3.8, 4) is 0 Å². The SMILES string of the molecule is CNC(CSCc1ccc(Cl)cc1)(C(N)=O)C1CC1. The normalized spacial score (nSPS) is 18.0. The largest absolute Gasteiger partial charge is 0.368 e. The standard InChI is InChI=1S/C14H19ClN2OS/c1-17-14(13(16)18,11-4-5-11)9-19-8-10-2-6-12(15)7-3-10/h2-3,6-7,11,17H,4-5,8-9H2,1H3,(H2,16,18). The van der Waals surface area contributed by atoms with E-state index in [1.165, 1.54) is 5.56 Å². The lowest BCUT2D eigenvalue weighted by Gasteiger charge is -2.30. The number of nitrogens with two attached hydrogens (primary N) is 1. The van der Waals surface area contributed by atoms with Crippen molar-refractivity contribution in [2.45, 2.75) is 24.1 Å². The van der Waals surface area contributed by atoms with Gasteiger partial charge in [-0.3, -0.25) is 4.79 Å². The third-order valence-corrected chi connectivity index (χ3v) is 5.12. The number of carbonyl (C=O) groups is 1. The van der Waals surface area contributed by atoms with Crippen LogP contribution >= 0.6 is 23.4 Å². The van der Waals surface area contributed by atoms with Crippen LogP contribution in [0, 0.1) is 5.92 Å². The quantitative estimate of drug-likeness (QED) is 0.813. The monoisotopic (exact) mass is 298 g/mol. The summed E-state index contributed by atoms with van der Waals surface area (Å²) >= 11 is 7.59. The van der Waals surface area contributed by atoms with Crippen LogP contribution in [0.15, 0.2) is 24.3 Å². The molecule has 1 amide bonds. The molecule has 2 rings (SSSR count). The molecule has 0 heterocycles. The fourth-order valence-corrected chi connectivity index (χ4v) is 3.78. The Hall–Kier alpha value is -0.710. The average Bonchev–Trinajstić information content (AvgIpc) is 3.21. The van der Waals surface area contributed by atoms with Gasteiger partial charge in [-0.25, -0.2) is 0 Å². The van der Waals surface area contributed by atoms with Crippen molar-refractivity contribution >= 4 is 29.3 Å². The second-order valence-electron chi connectivity index (χ2n) is 4.98.